The largest absolute Gasteiger partial charge is 0.329 e. The summed E-state index contributed by atoms with van der Waals surface area (Å²) in [5.74, 6) is -1.31. The summed E-state index contributed by atoms with van der Waals surface area (Å²) >= 11 is 0. The highest BCUT2D eigenvalue weighted by molar-refractivity contribution is 6.23. The number of imide groups is 1. The molecule has 2 aliphatic heterocycles. The molecule has 32 heavy (non-hydrogen) atoms. The summed E-state index contributed by atoms with van der Waals surface area (Å²) < 4.78 is 0. The fourth-order valence-corrected chi connectivity index (χ4v) is 4.05. The van der Waals surface area contributed by atoms with Crippen molar-refractivity contribution in [3.63, 3.8) is 0 Å². The van der Waals surface area contributed by atoms with Gasteiger partial charge < -0.3 is 5.32 Å². The predicted octanol–water partition coefficient (Wildman–Crippen LogP) is 2.69. The van der Waals surface area contributed by atoms with E-state index in [1.54, 1.807) is 42.5 Å². The lowest BCUT2D eigenvalue weighted by atomic mass is 9.99. The summed E-state index contributed by atoms with van der Waals surface area (Å²) in [5, 5.41) is 11.5. The number of piperidine rings is 1. The molecule has 4 rings (SSSR count). The molecule has 0 spiro atoms. The van der Waals surface area contributed by atoms with E-state index in [1.807, 2.05) is 6.07 Å². The molecule has 7 nitrogen and oxygen atoms in total. The molecule has 3 amide bonds. The summed E-state index contributed by atoms with van der Waals surface area (Å²) in [4.78, 5) is 51.4. The van der Waals surface area contributed by atoms with Gasteiger partial charge in [-0.15, -0.1) is 0 Å². The van der Waals surface area contributed by atoms with Gasteiger partial charge in [-0.25, -0.2) is 0 Å². The van der Waals surface area contributed by atoms with Crippen molar-refractivity contribution in [2.24, 2.45) is 0 Å². The smallest absolute Gasteiger partial charge is 0.262 e. The van der Waals surface area contributed by atoms with Crippen LogP contribution in [0.5, 0.6) is 0 Å². The van der Waals surface area contributed by atoms with E-state index in [0.717, 1.165) is 16.0 Å². The van der Waals surface area contributed by atoms with Crippen molar-refractivity contribution in [1.29, 1.82) is 5.26 Å². The highest BCUT2D eigenvalue weighted by Gasteiger charge is 2.43. The van der Waals surface area contributed by atoms with Crippen molar-refractivity contribution < 1.29 is 19.2 Å². The van der Waals surface area contributed by atoms with Gasteiger partial charge in [0.2, 0.25) is 5.91 Å². The van der Waals surface area contributed by atoms with Crippen molar-refractivity contribution in [2.45, 2.75) is 38.1 Å². The number of ketones is 1. The SMILES string of the molecule is C=C1CCC(N2C(=O)c3ccc(CCC(=O)Cc4ccc(C#N)cc4)cc3C2=O)C(=O)N1. The summed E-state index contributed by atoms with van der Waals surface area (Å²) in [5.41, 5.74) is 3.29. The molecule has 0 aliphatic carbocycles. The van der Waals surface area contributed by atoms with Gasteiger partial charge in [-0.3, -0.25) is 24.1 Å². The average molecular weight is 427 g/mol. The number of hydrogen-bond acceptors (Lipinski definition) is 5. The van der Waals surface area contributed by atoms with Crippen LogP contribution >= 0.6 is 0 Å². The molecule has 1 unspecified atom stereocenters. The molecule has 160 valence electrons. The number of aryl methyl sites for hydroxylation is 1. The maximum Gasteiger partial charge on any atom is 0.262 e. The summed E-state index contributed by atoms with van der Waals surface area (Å²) in [6.07, 6.45) is 1.86. The summed E-state index contributed by atoms with van der Waals surface area (Å²) in [6, 6.07) is 13.1. The lowest BCUT2D eigenvalue weighted by Gasteiger charge is -2.29. The highest BCUT2D eigenvalue weighted by Crippen LogP contribution is 2.29. The first kappa shape index (κ1) is 21.2. The Kier molecular flexibility index (Phi) is 5.69. The molecule has 0 bridgehead atoms. The van der Waals surface area contributed by atoms with Crippen LogP contribution in [0.4, 0.5) is 0 Å². The minimum absolute atomic E-state index is 0.0401. The number of nitriles is 1. The Bertz CT molecular complexity index is 1190. The average Bonchev–Trinajstić information content (AvgIpc) is 3.03. The second-order valence-corrected chi connectivity index (χ2v) is 8.03. The molecule has 0 saturated carbocycles. The van der Waals surface area contributed by atoms with Gasteiger partial charge in [0, 0.05) is 18.5 Å². The van der Waals surface area contributed by atoms with E-state index < -0.39 is 23.8 Å². The molecule has 2 aromatic carbocycles. The fourth-order valence-electron chi connectivity index (χ4n) is 4.05. The van der Waals surface area contributed by atoms with Crippen LogP contribution in [0.3, 0.4) is 0 Å². The first-order valence-corrected chi connectivity index (χ1v) is 10.4. The lowest BCUT2D eigenvalue weighted by molar-refractivity contribution is -0.125. The van der Waals surface area contributed by atoms with Crippen LogP contribution in [0.25, 0.3) is 0 Å². The highest BCUT2D eigenvalue weighted by atomic mass is 16.2. The zero-order valence-corrected chi connectivity index (χ0v) is 17.4. The number of nitrogens with one attached hydrogen (secondary N) is 1. The van der Waals surface area contributed by atoms with Gasteiger partial charge in [0.1, 0.15) is 11.8 Å². The van der Waals surface area contributed by atoms with Crippen LogP contribution in [0, 0.1) is 11.3 Å². The zero-order valence-electron chi connectivity index (χ0n) is 17.4. The van der Waals surface area contributed by atoms with E-state index in [9.17, 15) is 19.2 Å². The molecule has 0 aromatic heterocycles. The zero-order chi connectivity index (χ0) is 22.8. The summed E-state index contributed by atoms with van der Waals surface area (Å²) in [7, 11) is 0. The molecule has 0 radical (unpaired) electrons. The summed E-state index contributed by atoms with van der Waals surface area (Å²) in [6.45, 7) is 3.72. The van der Waals surface area contributed by atoms with Crippen molar-refractivity contribution in [3.05, 3.63) is 82.6 Å². The topological polar surface area (TPSA) is 107 Å². The van der Waals surface area contributed by atoms with Crippen molar-refractivity contribution >= 4 is 23.5 Å². The standard InChI is InChI=1S/C25H21N3O4/c1-15-2-11-22(23(30)27-15)28-24(31)20-10-8-17(13-21(20)25(28)32)7-9-19(29)12-16-3-5-18(14-26)6-4-16/h3-6,8,10,13,22H,1-2,7,9,11-12H2,(H,27,30). The van der Waals surface area contributed by atoms with E-state index in [2.05, 4.69) is 11.9 Å². The molecule has 1 saturated heterocycles. The molecule has 1 fully saturated rings. The Morgan fingerprint density at radius 1 is 1.06 bits per heavy atom. The third-order valence-electron chi connectivity index (χ3n) is 5.79. The first-order valence-electron chi connectivity index (χ1n) is 10.4. The van der Waals surface area contributed by atoms with Crippen LogP contribution in [0.2, 0.25) is 0 Å². The fraction of sp³-hybridized carbons (Fsp3) is 0.240. The number of Topliss-reactive ketones (excluding diaryl/α,β-unsaturated/α-hetero) is 1. The molecule has 1 atom stereocenters. The Morgan fingerprint density at radius 3 is 2.44 bits per heavy atom. The second kappa shape index (κ2) is 8.60. The number of amides is 3. The number of carbonyl (C=O) groups is 4. The van der Waals surface area contributed by atoms with Gasteiger partial charge in [0.25, 0.3) is 11.8 Å². The third kappa shape index (κ3) is 4.08. The van der Waals surface area contributed by atoms with Gasteiger partial charge in [0.15, 0.2) is 0 Å². The number of carbonyl (C=O) groups excluding carboxylic acids is 4. The number of allylic oxidation sites excluding steroid dienone is 1. The number of benzene rings is 2. The van der Waals surface area contributed by atoms with E-state index >= 15 is 0 Å². The molecular weight excluding hydrogens is 406 g/mol. The third-order valence-corrected chi connectivity index (χ3v) is 5.79. The maximum atomic E-state index is 12.9. The van der Waals surface area contributed by atoms with Crippen molar-refractivity contribution in [1.82, 2.24) is 10.2 Å². The van der Waals surface area contributed by atoms with Gasteiger partial charge >= 0.3 is 0 Å². The Morgan fingerprint density at radius 2 is 1.75 bits per heavy atom. The van der Waals surface area contributed by atoms with Crippen LogP contribution < -0.4 is 5.32 Å². The minimum atomic E-state index is -0.842. The maximum absolute atomic E-state index is 12.9. The van der Waals surface area contributed by atoms with E-state index in [0.29, 0.717) is 30.5 Å². The Hall–Kier alpha value is -4.05. The second-order valence-electron chi connectivity index (χ2n) is 8.03. The van der Waals surface area contributed by atoms with Gasteiger partial charge in [-0.1, -0.05) is 24.8 Å². The van der Waals surface area contributed by atoms with Crippen LogP contribution in [-0.4, -0.2) is 34.4 Å². The molecule has 7 heteroatoms. The number of fused-ring (bicyclic) bond motifs is 1. The van der Waals surface area contributed by atoms with E-state index in [-0.39, 0.29) is 29.8 Å². The van der Waals surface area contributed by atoms with Crippen LogP contribution in [0.1, 0.15) is 56.7 Å². The lowest BCUT2D eigenvalue weighted by Crippen LogP contribution is -2.51. The van der Waals surface area contributed by atoms with E-state index in [1.165, 1.54) is 0 Å². The monoisotopic (exact) mass is 427 g/mol. The Balaban J connectivity index is 1.42. The molecule has 1 N–H and O–H groups in total. The van der Waals surface area contributed by atoms with E-state index in [4.69, 9.17) is 5.26 Å². The van der Waals surface area contributed by atoms with Gasteiger partial charge in [-0.05, 0) is 54.7 Å². The molecule has 2 aromatic rings. The predicted molar refractivity (Wildman–Crippen MR) is 115 cm³/mol. The van der Waals surface area contributed by atoms with Crippen molar-refractivity contribution in [2.75, 3.05) is 0 Å². The van der Waals surface area contributed by atoms with Crippen LogP contribution in [0.15, 0.2) is 54.7 Å². The molecule has 2 aliphatic rings. The number of nitrogens with zero attached hydrogens (tertiary/aromatic N) is 2. The minimum Gasteiger partial charge on any atom is -0.329 e. The normalized spacial score (nSPS) is 17.7. The van der Waals surface area contributed by atoms with Crippen LogP contribution in [-0.2, 0) is 22.4 Å². The number of hydrogen-bond donors (Lipinski definition) is 1. The molecule has 2 heterocycles. The van der Waals surface area contributed by atoms with Crippen molar-refractivity contribution in [3.8, 4) is 6.07 Å². The number of rotatable bonds is 6. The molecular formula is C25H21N3O4. The Labute approximate surface area is 185 Å². The first-order chi connectivity index (χ1) is 15.4. The quantitative estimate of drug-likeness (QED) is 0.713. The van der Waals surface area contributed by atoms with Gasteiger partial charge in [0.05, 0.1) is 22.8 Å². The van der Waals surface area contributed by atoms with Gasteiger partial charge in [-0.2, -0.15) is 5.26 Å².